The molecule has 0 saturated carbocycles. The molecule has 0 bridgehead atoms. The van der Waals surface area contributed by atoms with Crippen molar-refractivity contribution in [3.8, 4) is 0 Å². The van der Waals surface area contributed by atoms with Gasteiger partial charge in [-0.15, -0.1) is 0 Å². The van der Waals surface area contributed by atoms with Gasteiger partial charge in [0.25, 0.3) is 19.5 Å². The zero-order chi connectivity index (χ0) is 7.40. The second-order valence-corrected chi connectivity index (χ2v) is 3.40. The Morgan fingerprint density at radius 1 is 0.800 bits per heavy atom. The van der Waals surface area contributed by atoms with Gasteiger partial charge in [0.1, 0.15) is 0 Å². The van der Waals surface area contributed by atoms with Crippen molar-refractivity contribution in [3.05, 3.63) is 24.3 Å². The summed E-state index contributed by atoms with van der Waals surface area (Å²) < 4.78 is 0. The molecule has 2 N–H and O–H groups in total. The molecular weight excluding hydrogens is 160 g/mol. The lowest BCUT2D eigenvalue weighted by atomic mass is 10.4. The standard InChI is InChI=1S/C6H6O2Si2/c7-9-5-1-2-6(10-8)4-3-5/h1-4,7-8H. The zero-order valence-corrected chi connectivity index (χ0v) is 7.20. The first-order chi connectivity index (χ1) is 4.86. The van der Waals surface area contributed by atoms with Gasteiger partial charge in [0, 0.05) is 0 Å². The van der Waals surface area contributed by atoms with Crippen molar-refractivity contribution < 1.29 is 9.59 Å². The van der Waals surface area contributed by atoms with Crippen molar-refractivity contribution in [3.63, 3.8) is 0 Å². The highest BCUT2D eigenvalue weighted by Gasteiger charge is 1.93. The maximum absolute atomic E-state index is 8.67. The molecule has 0 aromatic heterocycles. The highest BCUT2D eigenvalue weighted by atomic mass is 28.2. The summed E-state index contributed by atoms with van der Waals surface area (Å²) in [5.41, 5.74) is 0. The van der Waals surface area contributed by atoms with Crippen LogP contribution in [0.25, 0.3) is 0 Å². The molecule has 50 valence electrons. The van der Waals surface area contributed by atoms with Crippen LogP contribution in [0.2, 0.25) is 0 Å². The molecule has 0 atom stereocenters. The minimum atomic E-state index is -0.151. The van der Waals surface area contributed by atoms with E-state index >= 15 is 0 Å². The molecule has 0 aliphatic carbocycles. The molecule has 1 rings (SSSR count). The van der Waals surface area contributed by atoms with Gasteiger partial charge in [-0.1, -0.05) is 24.3 Å². The smallest absolute Gasteiger partial charge is 0.265 e. The van der Waals surface area contributed by atoms with Gasteiger partial charge in [-0.25, -0.2) is 0 Å². The van der Waals surface area contributed by atoms with Gasteiger partial charge in [-0.05, 0) is 10.4 Å². The molecule has 0 aliphatic heterocycles. The van der Waals surface area contributed by atoms with Crippen LogP contribution >= 0.6 is 0 Å². The Morgan fingerprint density at radius 2 is 1.10 bits per heavy atom. The zero-order valence-electron chi connectivity index (χ0n) is 5.20. The van der Waals surface area contributed by atoms with E-state index in [1.807, 2.05) is 24.3 Å². The topological polar surface area (TPSA) is 40.5 Å². The SMILES string of the molecule is O[Si]c1ccc([Si]O)cc1. The predicted octanol–water partition coefficient (Wildman–Crippen LogP) is -1.84. The molecule has 10 heavy (non-hydrogen) atoms. The molecule has 0 unspecified atom stereocenters. The van der Waals surface area contributed by atoms with E-state index in [1.165, 1.54) is 0 Å². The summed E-state index contributed by atoms with van der Waals surface area (Å²) in [5, 5.41) is 1.81. The van der Waals surface area contributed by atoms with E-state index in [1.54, 1.807) is 0 Å². The van der Waals surface area contributed by atoms with Crippen molar-refractivity contribution in [2.24, 2.45) is 0 Å². The van der Waals surface area contributed by atoms with E-state index in [4.69, 9.17) is 9.59 Å². The Hall–Kier alpha value is -0.426. The lowest BCUT2D eigenvalue weighted by molar-refractivity contribution is 0.614. The van der Waals surface area contributed by atoms with Crippen molar-refractivity contribution >= 4 is 29.9 Å². The Balaban J connectivity index is 2.80. The lowest BCUT2D eigenvalue weighted by Gasteiger charge is -1.94. The number of benzene rings is 1. The first-order valence-electron chi connectivity index (χ1n) is 2.77. The normalized spacial score (nSPS) is 9.80. The molecule has 1 aromatic carbocycles. The molecule has 4 heteroatoms. The van der Waals surface area contributed by atoms with Gasteiger partial charge in [-0.3, -0.25) is 0 Å². The minimum Gasteiger partial charge on any atom is -0.428 e. The largest absolute Gasteiger partial charge is 0.428 e. The van der Waals surface area contributed by atoms with Crippen LogP contribution in [0.4, 0.5) is 0 Å². The van der Waals surface area contributed by atoms with Crippen LogP contribution in [-0.4, -0.2) is 29.1 Å². The molecule has 1 aromatic rings. The van der Waals surface area contributed by atoms with Crippen molar-refractivity contribution in [1.29, 1.82) is 0 Å². The molecule has 0 heterocycles. The Kier molecular flexibility index (Phi) is 2.82. The molecule has 0 amide bonds. The third-order valence-electron chi connectivity index (χ3n) is 1.14. The number of hydrogen-bond donors (Lipinski definition) is 2. The average molecular weight is 166 g/mol. The van der Waals surface area contributed by atoms with E-state index < -0.39 is 0 Å². The van der Waals surface area contributed by atoms with E-state index in [9.17, 15) is 0 Å². The molecule has 0 saturated heterocycles. The first-order valence-corrected chi connectivity index (χ1v) is 4.66. The van der Waals surface area contributed by atoms with Crippen LogP contribution in [0.3, 0.4) is 0 Å². The molecule has 0 fully saturated rings. The van der Waals surface area contributed by atoms with Crippen LogP contribution in [-0.2, 0) is 0 Å². The fraction of sp³-hybridized carbons (Fsp3) is 0. The highest BCUT2D eigenvalue weighted by molar-refractivity contribution is 6.48. The van der Waals surface area contributed by atoms with Gasteiger partial charge < -0.3 is 9.59 Å². The van der Waals surface area contributed by atoms with Crippen molar-refractivity contribution in [2.45, 2.75) is 0 Å². The van der Waals surface area contributed by atoms with E-state index in [0.717, 1.165) is 10.4 Å². The average Bonchev–Trinajstić information content (AvgIpc) is 2.05. The fourth-order valence-electron chi connectivity index (χ4n) is 0.619. The van der Waals surface area contributed by atoms with Crippen LogP contribution in [0.15, 0.2) is 24.3 Å². The summed E-state index contributed by atoms with van der Waals surface area (Å²) in [6.45, 7) is 0. The molecular formula is C6H6O2Si2. The highest BCUT2D eigenvalue weighted by Crippen LogP contribution is 1.77. The van der Waals surface area contributed by atoms with Gasteiger partial charge in [0.15, 0.2) is 0 Å². The van der Waals surface area contributed by atoms with E-state index in [2.05, 4.69) is 0 Å². The summed E-state index contributed by atoms with van der Waals surface area (Å²) >= 11 is 0. The minimum absolute atomic E-state index is 0.151. The first kappa shape index (κ1) is 7.68. The maximum atomic E-state index is 8.67. The van der Waals surface area contributed by atoms with Crippen LogP contribution in [0.5, 0.6) is 0 Å². The molecule has 2 nitrogen and oxygen atoms in total. The molecule has 0 spiro atoms. The maximum Gasteiger partial charge on any atom is 0.265 e. The van der Waals surface area contributed by atoms with Crippen LogP contribution in [0, 0.1) is 0 Å². The van der Waals surface area contributed by atoms with E-state index in [0.29, 0.717) is 0 Å². The Labute approximate surface area is 64.4 Å². The van der Waals surface area contributed by atoms with Crippen molar-refractivity contribution in [2.75, 3.05) is 0 Å². The molecule has 4 radical (unpaired) electrons. The summed E-state index contributed by atoms with van der Waals surface area (Å²) in [5.74, 6) is 0. The Morgan fingerprint density at radius 3 is 1.30 bits per heavy atom. The fourth-order valence-corrected chi connectivity index (χ4v) is 1.25. The summed E-state index contributed by atoms with van der Waals surface area (Å²) in [6, 6.07) is 7.27. The molecule has 0 aliphatic rings. The second kappa shape index (κ2) is 3.67. The predicted molar refractivity (Wildman–Crippen MR) is 41.7 cm³/mol. The van der Waals surface area contributed by atoms with Gasteiger partial charge in [0.2, 0.25) is 0 Å². The van der Waals surface area contributed by atoms with Gasteiger partial charge >= 0.3 is 0 Å². The second-order valence-electron chi connectivity index (χ2n) is 1.80. The quantitative estimate of drug-likeness (QED) is 0.507. The summed E-state index contributed by atoms with van der Waals surface area (Å²) in [7, 11) is -0.301. The van der Waals surface area contributed by atoms with Gasteiger partial charge in [-0.2, -0.15) is 0 Å². The van der Waals surface area contributed by atoms with E-state index in [-0.39, 0.29) is 19.5 Å². The monoisotopic (exact) mass is 166 g/mol. The third kappa shape index (κ3) is 1.78. The lowest BCUT2D eigenvalue weighted by Crippen LogP contribution is -2.19. The van der Waals surface area contributed by atoms with Crippen molar-refractivity contribution in [1.82, 2.24) is 0 Å². The van der Waals surface area contributed by atoms with Crippen LogP contribution in [0.1, 0.15) is 0 Å². The van der Waals surface area contributed by atoms with Gasteiger partial charge in [0.05, 0.1) is 0 Å². The van der Waals surface area contributed by atoms with Crippen LogP contribution < -0.4 is 10.4 Å². The summed E-state index contributed by atoms with van der Waals surface area (Å²) in [4.78, 5) is 17.3. The number of rotatable bonds is 2. The third-order valence-corrected chi connectivity index (χ3v) is 2.33. The summed E-state index contributed by atoms with van der Waals surface area (Å²) in [6.07, 6.45) is 0. The number of hydrogen-bond acceptors (Lipinski definition) is 2. The Bertz CT molecular complexity index is 174.